The van der Waals surface area contributed by atoms with E-state index in [-0.39, 0.29) is 0 Å². The number of hydrogen-bond donors (Lipinski definition) is 0. The molecule has 0 aliphatic carbocycles. The van der Waals surface area contributed by atoms with Crippen molar-refractivity contribution in [3.05, 3.63) is 47.0 Å². The third-order valence-corrected chi connectivity index (χ3v) is 3.89. The Hall–Kier alpha value is -2.36. The van der Waals surface area contributed by atoms with Crippen LogP contribution in [-0.4, -0.2) is 28.4 Å². The maximum atomic E-state index is 5.40. The Kier molecular flexibility index (Phi) is 5.74. The maximum absolute atomic E-state index is 5.40. The Morgan fingerprint density at radius 2 is 1.22 bits per heavy atom. The van der Waals surface area contributed by atoms with Gasteiger partial charge in [0.05, 0.1) is 28.4 Å². The molecule has 0 saturated carbocycles. The van der Waals surface area contributed by atoms with Crippen LogP contribution < -0.4 is 18.9 Å². The van der Waals surface area contributed by atoms with Crippen LogP contribution in [0.5, 0.6) is 23.0 Å². The Bertz CT molecular complexity index is 639. The molecule has 4 nitrogen and oxygen atoms in total. The van der Waals surface area contributed by atoms with E-state index >= 15 is 0 Å². The van der Waals surface area contributed by atoms with Crippen LogP contribution in [0.3, 0.4) is 0 Å². The fourth-order valence-electron chi connectivity index (χ4n) is 2.66. The van der Waals surface area contributed by atoms with E-state index in [1.54, 1.807) is 28.4 Å². The molecule has 0 N–H and O–H groups in total. The molecule has 0 aromatic heterocycles. The number of hydrogen-bond acceptors (Lipinski definition) is 4. The smallest absolute Gasteiger partial charge is 0.203 e. The molecule has 0 bridgehead atoms. The first-order valence-electron chi connectivity index (χ1n) is 7.55. The highest BCUT2D eigenvalue weighted by atomic mass is 16.5. The summed E-state index contributed by atoms with van der Waals surface area (Å²) in [6.07, 6.45) is 1.83. The molecule has 0 aliphatic rings. The molecule has 0 saturated heterocycles. The Balaban J connectivity index is 2.18. The second kappa shape index (κ2) is 7.77. The first kappa shape index (κ1) is 17.0. The Morgan fingerprint density at radius 1 is 0.652 bits per heavy atom. The average molecular weight is 316 g/mol. The van der Waals surface area contributed by atoms with Gasteiger partial charge >= 0.3 is 0 Å². The zero-order chi connectivity index (χ0) is 16.8. The fraction of sp³-hybridized carbons (Fsp3) is 0.368. The highest BCUT2D eigenvalue weighted by Crippen LogP contribution is 2.38. The van der Waals surface area contributed by atoms with Gasteiger partial charge in [0.15, 0.2) is 11.5 Å². The highest BCUT2D eigenvalue weighted by molar-refractivity contribution is 5.54. The van der Waals surface area contributed by atoms with Crippen molar-refractivity contribution in [3.63, 3.8) is 0 Å². The van der Waals surface area contributed by atoms with Gasteiger partial charge in [-0.2, -0.15) is 0 Å². The monoisotopic (exact) mass is 316 g/mol. The van der Waals surface area contributed by atoms with Crippen molar-refractivity contribution in [2.24, 2.45) is 0 Å². The molecule has 23 heavy (non-hydrogen) atoms. The molecule has 0 amide bonds. The lowest BCUT2D eigenvalue weighted by molar-refractivity contribution is 0.324. The molecule has 4 heteroatoms. The van der Waals surface area contributed by atoms with Gasteiger partial charge in [0.1, 0.15) is 5.75 Å². The van der Waals surface area contributed by atoms with Crippen LogP contribution in [0.25, 0.3) is 0 Å². The zero-order valence-electron chi connectivity index (χ0n) is 14.4. The first-order valence-corrected chi connectivity index (χ1v) is 7.55. The number of rotatable bonds is 7. The van der Waals surface area contributed by atoms with E-state index in [1.807, 2.05) is 18.2 Å². The standard InChI is InChI=1S/C19H24O4/c1-13-10-14(8-9-16(13)20-2)6-7-15-11-17(21-3)19(23-5)18(12-15)22-4/h8-12H,6-7H2,1-5H3. The molecule has 0 spiro atoms. The van der Waals surface area contributed by atoms with Gasteiger partial charge in [0.25, 0.3) is 0 Å². The molecular formula is C19H24O4. The summed E-state index contributed by atoms with van der Waals surface area (Å²) >= 11 is 0. The van der Waals surface area contributed by atoms with Gasteiger partial charge in [0.2, 0.25) is 5.75 Å². The topological polar surface area (TPSA) is 36.9 Å². The molecule has 2 aromatic rings. The lowest BCUT2D eigenvalue weighted by Crippen LogP contribution is -1.99. The first-order chi connectivity index (χ1) is 11.1. The lowest BCUT2D eigenvalue weighted by Gasteiger charge is -2.14. The normalized spacial score (nSPS) is 10.3. The van der Waals surface area contributed by atoms with Gasteiger partial charge in [0, 0.05) is 0 Å². The molecule has 0 aliphatic heterocycles. The Labute approximate surface area is 137 Å². The number of ether oxygens (including phenoxy) is 4. The zero-order valence-corrected chi connectivity index (χ0v) is 14.4. The molecule has 0 atom stereocenters. The number of methoxy groups -OCH3 is 4. The molecular weight excluding hydrogens is 292 g/mol. The molecule has 0 unspecified atom stereocenters. The molecule has 0 heterocycles. The van der Waals surface area contributed by atoms with E-state index in [1.165, 1.54) is 5.56 Å². The summed E-state index contributed by atoms with van der Waals surface area (Å²) in [4.78, 5) is 0. The van der Waals surface area contributed by atoms with E-state index in [2.05, 4.69) is 19.1 Å². The van der Waals surface area contributed by atoms with Crippen LogP contribution in [0, 0.1) is 6.92 Å². The van der Waals surface area contributed by atoms with Crippen molar-refractivity contribution < 1.29 is 18.9 Å². The van der Waals surface area contributed by atoms with Crippen LogP contribution in [0.2, 0.25) is 0 Å². The van der Waals surface area contributed by atoms with Crippen molar-refractivity contribution in [1.82, 2.24) is 0 Å². The molecule has 2 aromatic carbocycles. The predicted octanol–water partition coefficient (Wildman–Crippen LogP) is 3.81. The largest absolute Gasteiger partial charge is 0.496 e. The second-order valence-corrected chi connectivity index (χ2v) is 5.34. The fourth-order valence-corrected chi connectivity index (χ4v) is 2.66. The molecule has 2 rings (SSSR count). The summed E-state index contributed by atoms with van der Waals surface area (Å²) in [7, 11) is 6.57. The van der Waals surface area contributed by atoms with Crippen LogP contribution in [0.15, 0.2) is 30.3 Å². The van der Waals surface area contributed by atoms with E-state index in [0.29, 0.717) is 17.2 Å². The molecule has 0 radical (unpaired) electrons. The minimum atomic E-state index is 0.624. The number of aryl methyl sites for hydroxylation is 3. The van der Waals surface area contributed by atoms with E-state index in [0.717, 1.165) is 29.7 Å². The summed E-state index contributed by atoms with van der Waals surface area (Å²) in [6, 6.07) is 10.3. The quantitative estimate of drug-likeness (QED) is 0.778. The summed E-state index contributed by atoms with van der Waals surface area (Å²) in [5.74, 6) is 2.92. The van der Waals surface area contributed by atoms with Crippen molar-refractivity contribution in [2.45, 2.75) is 19.8 Å². The van der Waals surface area contributed by atoms with Gasteiger partial charge in [-0.15, -0.1) is 0 Å². The van der Waals surface area contributed by atoms with Crippen molar-refractivity contribution in [3.8, 4) is 23.0 Å². The molecule has 0 fully saturated rings. The second-order valence-electron chi connectivity index (χ2n) is 5.34. The van der Waals surface area contributed by atoms with Crippen LogP contribution >= 0.6 is 0 Å². The van der Waals surface area contributed by atoms with E-state index in [4.69, 9.17) is 18.9 Å². The molecule has 124 valence electrons. The van der Waals surface area contributed by atoms with Gasteiger partial charge in [-0.1, -0.05) is 12.1 Å². The third-order valence-electron chi connectivity index (χ3n) is 3.89. The summed E-state index contributed by atoms with van der Waals surface area (Å²) in [6.45, 7) is 2.06. The lowest BCUT2D eigenvalue weighted by atomic mass is 10.0. The maximum Gasteiger partial charge on any atom is 0.203 e. The number of benzene rings is 2. The van der Waals surface area contributed by atoms with Crippen molar-refractivity contribution >= 4 is 0 Å². The minimum Gasteiger partial charge on any atom is -0.496 e. The SMILES string of the molecule is COc1ccc(CCc2cc(OC)c(OC)c(OC)c2)cc1C. The minimum absolute atomic E-state index is 0.624. The summed E-state index contributed by atoms with van der Waals surface area (Å²) < 4.78 is 21.5. The Morgan fingerprint density at radius 3 is 1.70 bits per heavy atom. The van der Waals surface area contributed by atoms with E-state index in [9.17, 15) is 0 Å². The van der Waals surface area contributed by atoms with Gasteiger partial charge in [-0.3, -0.25) is 0 Å². The van der Waals surface area contributed by atoms with Crippen LogP contribution in [0.1, 0.15) is 16.7 Å². The van der Waals surface area contributed by atoms with Gasteiger partial charge in [-0.05, 0) is 54.7 Å². The van der Waals surface area contributed by atoms with E-state index < -0.39 is 0 Å². The van der Waals surface area contributed by atoms with Gasteiger partial charge < -0.3 is 18.9 Å². The van der Waals surface area contributed by atoms with Crippen molar-refractivity contribution in [2.75, 3.05) is 28.4 Å². The predicted molar refractivity (Wildman–Crippen MR) is 91.2 cm³/mol. The third kappa shape index (κ3) is 3.89. The van der Waals surface area contributed by atoms with Gasteiger partial charge in [-0.25, -0.2) is 0 Å². The average Bonchev–Trinajstić information content (AvgIpc) is 2.58. The summed E-state index contributed by atoms with van der Waals surface area (Å²) in [5.41, 5.74) is 3.57. The van der Waals surface area contributed by atoms with Crippen molar-refractivity contribution in [1.29, 1.82) is 0 Å². The summed E-state index contributed by atoms with van der Waals surface area (Å²) in [5, 5.41) is 0. The van der Waals surface area contributed by atoms with Crippen LogP contribution in [0.4, 0.5) is 0 Å². The van der Waals surface area contributed by atoms with Crippen LogP contribution in [-0.2, 0) is 12.8 Å². The highest BCUT2D eigenvalue weighted by Gasteiger charge is 2.13.